The normalized spacial score (nSPS) is 39.3. The number of rotatable bonds is 2. The van der Waals surface area contributed by atoms with Crippen molar-refractivity contribution in [2.75, 3.05) is 7.05 Å². The van der Waals surface area contributed by atoms with Crippen molar-refractivity contribution in [2.45, 2.75) is 70.6 Å². The molecule has 7 atom stereocenters. The van der Waals surface area contributed by atoms with E-state index < -0.39 is 17.6 Å². The SMILES string of the molecule is CN1C(=O)C=C[C@]2(C)[C@H]3CC[C@]4(C)[C@@H](NC(=O)c5cccc(C(F)(F)F)c5)CC[C@H]4[C@@H]3CC[C@@H]12. The second-order valence-electron chi connectivity index (χ2n) is 11.3. The molecule has 0 saturated heterocycles. The van der Waals surface area contributed by atoms with Gasteiger partial charge < -0.3 is 10.2 Å². The van der Waals surface area contributed by atoms with Gasteiger partial charge in [0, 0.05) is 30.1 Å². The minimum absolute atomic E-state index is 0.0354. The van der Waals surface area contributed by atoms with Gasteiger partial charge in [-0.25, -0.2) is 0 Å². The van der Waals surface area contributed by atoms with Gasteiger partial charge in [0.25, 0.3) is 5.91 Å². The largest absolute Gasteiger partial charge is 0.416 e. The van der Waals surface area contributed by atoms with Gasteiger partial charge in [-0.05, 0) is 86.0 Å². The Morgan fingerprint density at radius 1 is 1.09 bits per heavy atom. The van der Waals surface area contributed by atoms with Crippen LogP contribution >= 0.6 is 0 Å². The van der Waals surface area contributed by atoms with Crippen molar-refractivity contribution in [3.05, 3.63) is 47.5 Å². The predicted molar refractivity (Wildman–Crippen MR) is 123 cm³/mol. The molecule has 0 unspecified atom stereocenters. The summed E-state index contributed by atoms with van der Waals surface area (Å²) in [6.07, 6.45) is 5.35. The van der Waals surface area contributed by atoms with Crippen LogP contribution in [0.5, 0.6) is 0 Å². The van der Waals surface area contributed by atoms with E-state index in [1.54, 1.807) is 6.08 Å². The van der Waals surface area contributed by atoms with Crippen LogP contribution < -0.4 is 5.32 Å². The molecule has 0 spiro atoms. The maximum absolute atomic E-state index is 13.1. The summed E-state index contributed by atoms with van der Waals surface area (Å²) in [5, 5.41) is 3.11. The molecule has 3 fully saturated rings. The molecule has 4 aliphatic rings. The smallest absolute Gasteiger partial charge is 0.349 e. The number of amides is 2. The third kappa shape index (κ3) is 3.49. The Kier molecular flexibility index (Phi) is 5.41. The minimum atomic E-state index is -4.47. The van der Waals surface area contributed by atoms with Crippen LogP contribution in [-0.4, -0.2) is 35.8 Å². The highest BCUT2D eigenvalue weighted by molar-refractivity contribution is 5.94. The molecule has 2 amide bonds. The fourth-order valence-corrected chi connectivity index (χ4v) is 8.05. The van der Waals surface area contributed by atoms with Crippen LogP contribution in [0.25, 0.3) is 0 Å². The third-order valence-corrected chi connectivity index (χ3v) is 9.89. The quantitative estimate of drug-likeness (QED) is 0.620. The summed E-state index contributed by atoms with van der Waals surface area (Å²) in [7, 11) is 1.91. The van der Waals surface area contributed by atoms with Crippen molar-refractivity contribution < 1.29 is 22.8 Å². The van der Waals surface area contributed by atoms with E-state index in [9.17, 15) is 22.8 Å². The lowest BCUT2D eigenvalue weighted by Crippen LogP contribution is -2.60. The number of halogens is 3. The minimum Gasteiger partial charge on any atom is -0.349 e. The summed E-state index contributed by atoms with van der Waals surface area (Å²) in [5.41, 5.74) is -0.845. The number of hydrogen-bond acceptors (Lipinski definition) is 2. The Labute approximate surface area is 199 Å². The zero-order valence-electron chi connectivity index (χ0n) is 20.0. The van der Waals surface area contributed by atoms with Gasteiger partial charge >= 0.3 is 6.18 Å². The average Bonchev–Trinajstić information content (AvgIpc) is 3.12. The standard InChI is InChI=1S/C27H33F3N2O2/c1-25-13-11-20-18(7-10-22-26(20,2)14-12-23(33)32(22)3)19(25)8-9-21(25)31-24(34)16-5-4-6-17(15-16)27(28,29)30/h4-6,12,14-15,18-22H,7-11,13H2,1-3H3,(H,31,34)/t18-,19-,20-,21-,22+,25-,26+/m0/s1. The molecule has 0 bridgehead atoms. The predicted octanol–water partition coefficient (Wildman–Crippen LogP) is 5.44. The molecule has 4 nitrogen and oxygen atoms in total. The highest BCUT2D eigenvalue weighted by Gasteiger charge is 2.60. The second kappa shape index (κ2) is 7.85. The number of nitrogens with zero attached hydrogens (tertiary/aromatic N) is 1. The Balaban J connectivity index is 1.35. The van der Waals surface area contributed by atoms with Crippen LogP contribution in [0.1, 0.15) is 68.3 Å². The number of carbonyl (C=O) groups excluding carboxylic acids is 2. The first-order chi connectivity index (χ1) is 15.9. The van der Waals surface area contributed by atoms with Crippen LogP contribution in [-0.2, 0) is 11.0 Å². The molecule has 1 aliphatic heterocycles. The lowest BCUT2D eigenvalue weighted by atomic mass is 9.48. The molecule has 1 aromatic carbocycles. The number of alkyl halides is 3. The summed E-state index contributed by atoms with van der Waals surface area (Å²) < 4.78 is 39.3. The molecule has 3 aliphatic carbocycles. The molecular formula is C27H33F3N2O2. The van der Waals surface area contributed by atoms with Crippen LogP contribution in [0.3, 0.4) is 0 Å². The van der Waals surface area contributed by atoms with Crippen LogP contribution in [0, 0.1) is 28.6 Å². The molecule has 1 aromatic rings. The molecule has 0 radical (unpaired) electrons. The number of carbonyl (C=O) groups is 2. The highest BCUT2D eigenvalue weighted by Crippen LogP contribution is 2.63. The summed E-state index contributed by atoms with van der Waals surface area (Å²) >= 11 is 0. The average molecular weight is 475 g/mol. The van der Waals surface area contributed by atoms with Crippen molar-refractivity contribution in [2.24, 2.45) is 28.6 Å². The van der Waals surface area contributed by atoms with E-state index in [1.807, 2.05) is 11.9 Å². The van der Waals surface area contributed by atoms with Gasteiger partial charge in [0.2, 0.25) is 5.91 Å². The number of likely N-dealkylation sites (N-methyl/N-ethyl adjacent to an activating group) is 1. The van der Waals surface area contributed by atoms with Gasteiger partial charge in [0.1, 0.15) is 0 Å². The number of hydrogen-bond donors (Lipinski definition) is 1. The molecule has 34 heavy (non-hydrogen) atoms. The lowest BCUT2D eigenvalue weighted by Gasteiger charge is -2.60. The van der Waals surface area contributed by atoms with E-state index in [0.29, 0.717) is 17.8 Å². The fraction of sp³-hybridized carbons (Fsp3) is 0.630. The van der Waals surface area contributed by atoms with E-state index in [2.05, 4.69) is 25.2 Å². The number of benzene rings is 1. The molecule has 0 aromatic heterocycles. The van der Waals surface area contributed by atoms with Gasteiger partial charge in [-0.1, -0.05) is 26.0 Å². The van der Waals surface area contributed by atoms with E-state index in [-0.39, 0.29) is 34.4 Å². The van der Waals surface area contributed by atoms with E-state index in [0.717, 1.165) is 50.7 Å². The van der Waals surface area contributed by atoms with Crippen molar-refractivity contribution in [1.82, 2.24) is 10.2 Å². The van der Waals surface area contributed by atoms with E-state index in [1.165, 1.54) is 12.1 Å². The summed E-state index contributed by atoms with van der Waals surface area (Å²) in [5.74, 6) is 1.15. The number of nitrogens with one attached hydrogen (secondary N) is 1. The monoisotopic (exact) mass is 474 g/mol. The van der Waals surface area contributed by atoms with Crippen LogP contribution in [0.2, 0.25) is 0 Å². The van der Waals surface area contributed by atoms with Crippen LogP contribution in [0.4, 0.5) is 13.2 Å². The summed E-state index contributed by atoms with van der Waals surface area (Å²) in [6.45, 7) is 4.57. The Hall–Kier alpha value is -2.31. The molecule has 1 heterocycles. The molecule has 1 N–H and O–H groups in total. The van der Waals surface area contributed by atoms with Gasteiger partial charge in [-0.15, -0.1) is 0 Å². The first-order valence-electron chi connectivity index (χ1n) is 12.4. The molecular weight excluding hydrogens is 441 g/mol. The van der Waals surface area contributed by atoms with Gasteiger partial charge in [0.05, 0.1) is 5.56 Å². The topological polar surface area (TPSA) is 49.4 Å². The van der Waals surface area contributed by atoms with Crippen molar-refractivity contribution in [3.8, 4) is 0 Å². The highest BCUT2D eigenvalue weighted by atomic mass is 19.4. The Morgan fingerprint density at radius 3 is 2.59 bits per heavy atom. The van der Waals surface area contributed by atoms with Gasteiger partial charge in [-0.3, -0.25) is 9.59 Å². The number of fused-ring (bicyclic) bond motifs is 5. The van der Waals surface area contributed by atoms with Crippen molar-refractivity contribution in [1.29, 1.82) is 0 Å². The maximum atomic E-state index is 13.1. The summed E-state index contributed by atoms with van der Waals surface area (Å²) in [6, 6.07) is 4.86. The first kappa shape index (κ1) is 23.4. The van der Waals surface area contributed by atoms with Crippen molar-refractivity contribution >= 4 is 11.8 Å². The zero-order valence-corrected chi connectivity index (χ0v) is 20.0. The van der Waals surface area contributed by atoms with E-state index in [4.69, 9.17) is 0 Å². The fourth-order valence-electron chi connectivity index (χ4n) is 8.05. The Bertz CT molecular complexity index is 1040. The van der Waals surface area contributed by atoms with Gasteiger partial charge in [-0.2, -0.15) is 13.2 Å². The molecule has 5 rings (SSSR count). The maximum Gasteiger partial charge on any atom is 0.416 e. The molecule has 3 saturated carbocycles. The van der Waals surface area contributed by atoms with Gasteiger partial charge in [0.15, 0.2) is 0 Å². The molecule has 7 heteroatoms. The van der Waals surface area contributed by atoms with Crippen LogP contribution in [0.15, 0.2) is 36.4 Å². The third-order valence-electron chi connectivity index (χ3n) is 9.89. The Morgan fingerprint density at radius 2 is 1.85 bits per heavy atom. The van der Waals surface area contributed by atoms with Crippen molar-refractivity contribution in [3.63, 3.8) is 0 Å². The second-order valence-corrected chi connectivity index (χ2v) is 11.3. The summed E-state index contributed by atoms with van der Waals surface area (Å²) in [4.78, 5) is 27.1. The van der Waals surface area contributed by atoms with E-state index >= 15 is 0 Å². The lowest BCUT2D eigenvalue weighted by molar-refractivity contribution is -0.138. The zero-order chi connectivity index (χ0) is 24.5. The first-order valence-corrected chi connectivity index (χ1v) is 12.4. The molecule has 184 valence electrons.